The zero-order chi connectivity index (χ0) is 19.3. The molecule has 0 amide bonds. The van der Waals surface area contributed by atoms with E-state index in [1.165, 1.54) is 18.4 Å². The van der Waals surface area contributed by atoms with Gasteiger partial charge in [0.05, 0.1) is 25.8 Å². The molecule has 0 saturated heterocycles. The molecule has 0 spiro atoms. The van der Waals surface area contributed by atoms with Crippen LogP contribution in [0.2, 0.25) is 0 Å². The molecule has 6 nitrogen and oxygen atoms in total. The van der Waals surface area contributed by atoms with E-state index in [1.807, 2.05) is 49.4 Å². The van der Waals surface area contributed by atoms with Gasteiger partial charge in [0.15, 0.2) is 0 Å². The van der Waals surface area contributed by atoms with Crippen molar-refractivity contribution in [3.8, 4) is 22.9 Å². The van der Waals surface area contributed by atoms with E-state index in [0.29, 0.717) is 30.9 Å². The third-order valence-corrected chi connectivity index (χ3v) is 4.86. The molecule has 0 bridgehead atoms. The highest BCUT2D eigenvalue weighted by Gasteiger charge is 2.31. The van der Waals surface area contributed by atoms with E-state index < -0.39 is 0 Å². The van der Waals surface area contributed by atoms with E-state index in [-0.39, 0.29) is 0 Å². The van der Waals surface area contributed by atoms with Gasteiger partial charge >= 0.3 is 0 Å². The summed E-state index contributed by atoms with van der Waals surface area (Å²) in [7, 11) is 1.71. The first-order valence-corrected chi connectivity index (χ1v) is 9.69. The summed E-state index contributed by atoms with van der Waals surface area (Å²) in [5.41, 5.74) is 2.01. The molecule has 3 aromatic rings. The van der Waals surface area contributed by atoms with Gasteiger partial charge in [-0.2, -0.15) is 4.98 Å². The lowest BCUT2D eigenvalue weighted by atomic mass is 10.2. The third kappa shape index (κ3) is 4.17. The van der Waals surface area contributed by atoms with Crippen molar-refractivity contribution in [2.45, 2.75) is 38.9 Å². The van der Waals surface area contributed by atoms with Crippen LogP contribution in [0.3, 0.4) is 0 Å². The molecule has 1 fully saturated rings. The highest BCUT2D eigenvalue weighted by molar-refractivity contribution is 5.63. The summed E-state index contributed by atoms with van der Waals surface area (Å²) < 4.78 is 16.8. The van der Waals surface area contributed by atoms with Crippen molar-refractivity contribution in [3.05, 3.63) is 60.0 Å². The van der Waals surface area contributed by atoms with Crippen molar-refractivity contribution in [1.82, 2.24) is 15.0 Å². The maximum absolute atomic E-state index is 5.69. The maximum atomic E-state index is 5.69. The molecule has 0 unspecified atom stereocenters. The molecule has 1 aliphatic carbocycles. The van der Waals surface area contributed by atoms with Crippen LogP contribution in [-0.2, 0) is 13.1 Å². The van der Waals surface area contributed by atoms with Crippen LogP contribution in [0.15, 0.2) is 53.1 Å². The second kappa shape index (κ2) is 8.44. The molecule has 0 radical (unpaired) electrons. The van der Waals surface area contributed by atoms with Crippen molar-refractivity contribution in [2.75, 3.05) is 13.7 Å². The Morgan fingerprint density at radius 2 is 1.79 bits per heavy atom. The predicted octanol–water partition coefficient (Wildman–Crippen LogP) is 4.31. The average Bonchev–Trinajstić information content (AvgIpc) is 3.48. The van der Waals surface area contributed by atoms with Gasteiger partial charge in [-0.3, -0.25) is 4.90 Å². The number of benzene rings is 2. The summed E-state index contributed by atoms with van der Waals surface area (Å²) in [6, 6.07) is 16.4. The molecule has 0 atom stereocenters. The number of hydrogen-bond acceptors (Lipinski definition) is 6. The summed E-state index contributed by atoms with van der Waals surface area (Å²) in [5.74, 6) is 2.85. The zero-order valence-electron chi connectivity index (χ0n) is 16.3. The normalized spacial score (nSPS) is 13.7. The molecule has 1 saturated carbocycles. The fourth-order valence-electron chi connectivity index (χ4n) is 3.34. The van der Waals surface area contributed by atoms with E-state index in [2.05, 4.69) is 21.1 Å². The van der Waals surface area contributed by atoms with Crippen LogP contribution >= 0.6 is 0 Å². The van der Waals surface area contributed by atoms with Crippen molar-refractivity contribution in [2.24, 2.45) is 0 Å². The number of aromatic nitrogens is 2. The van der Waals surface area contributed by atoms with E-state index in [4.69, 9.17) is 14.0 Å². The lowest BCUT2D eigenvalue weighted by Crippen LogP contribution is -2.25. The summed E-state index contributed by atoms with van der Waals surface area (Å²) in [6.45, 7) is 3.97. The Morgan fingerprint density at radius 1 is 1.04 bits per heavy atom. The molecule has 1 aliphatic rings. The summed E-state index contributed by atoms with van der Waals surface area (Å²) in [6.07, 6.45) is 2.40. The van der Waals surface area contributed by atoms with Gasteiger partial charge in [-0.1, -0.05) is 35.5 Å². The molecule has 1 heterocycles. The Labute approximate surface area is 165 Å². The monoisotopic (exact) mass is 379 g/mol. The highest BCUT2D eigenvalue weighted by Crippen LogP contribution is 2.32. The first kappa shape index (κ1) is 18.5. The minimum atomic E-state index is 0.552. The zero-order valence-corrected chi connectivity index (χ0v) is 16.3. The van der Waals surface area contributed by atoms with Crippen LogP contribution in [0, 0.1) is 0 Å². The molecular formula is C22H25N3O3. The van der Waals surface area contributed by atoms with Gasteiger partial charge in [-0.05, 0) is 38.0 Å². The SMILES string of the molecule is CCOc1ccccc1-c1noc(CN(Cc2ccccc2OC)C2CC2)n1. The lowest BCUT2D eigenvalue weighted by molar-refractivity contribution is 0.207. The van der Waals surface area contributed by atoms with Crippen LogP contribution in [0.1, 0.15) is 31.2 Å². The van der Waals surface area contributed by atoms with Gasteiger partial charge < -0.3 is 14.0 Å². The van der Waals surface area contributed by atoms with E-state index >= 15 is 0 Å². The van der Waals surface area contributed by atoms with Crippen molar-refractivity contribution in [1.29, 1.82) is 0 Å². The van der Waals surface area contributed by atoms with Crippen LogP contribution in [0.5, 0.6) is 11.5 Å². The summed E-state index contributed by atoms with van der Waals surface area (Å²) in [4.78, 5) is 7.01. The van der Waals surface area contributed by atoms with Crippen LogP contribution in [-0.4, -0.2) is 34.8 Å². The summed E-state index contributed by atoms with van der Waals surface area (Å²) in [5, 5.41) is 4.19. The van der Waals surface area contributed by atoms with Crippen molar-refractivity contribution in [3.63, 3.8) is 0 Å². The minimum Gasteiger partial charge on any atom is -0.496 e. The number of ether oxygens (including phenoxy) is 2. The van der Waals surface area contributed by atoms with Gasteiger partial charge in [-0.15, -0.1) is 0 Å². The first-order valence-electron chi connectivity index (χ1n) is 9.69. The third-order valence-electron chi connectivity index (χ3n) is 4.86. The number of para-hydroxylation sites is 2. The minimum absolute atomic E-state index is 0.552. The van der Waals surface area contributed by atoms with Gasteiger partial charge in [0.1, 0.15) is 11.5 Å². The van der Waals surface area contributed by atoms with Crippen molar-refractivity contribution >= 4 is 0 Å². The number of rotatable bonds is 9. The predicted molar refractivity (Wildman–Crippen MR) is 106 cm³/mol. The van der Waals surface area contributed by atoms with E-state index in [9.17, 15) is 0 Å². The summed E-state index contributed by atoms with van der Waals surface area (Å²) >= 11 is 0. The molecule has 6 heteroatoms. The fraction of sp³-hybridized carbons (Fsp3) is 0.364. The van der Waals surface area contributed by atoms with Crippen LogP contribution < -0.4 is 9.47 Å². The second-order valence-electron chi connectivity index (χ2n) is 6.89. The molecule has 1 aromatic heterocycles. The molecule has 0 aliphatic heterocycles. The van der Waals surface area contributed by atoms with Crippen molar-refractivity contribution < 1.29 is 14.0 Å². The quantitative estimate of drug-likeness (QED) is 0.552. The number of methoxy groups -OCH3 is 1. The topological polar surface area (TPSA) is 60.6 Å². The maximum Gasteiger partial charge on any atom is 0.241 e. The molecule has 28 heavy (non-hydrogen) atoms. The Bertz CT molecular complexity index is 921. The standard InChI is InChI=1S/C22H25N3O3/c1-3-27-20-11-7-5-9-18(20)22-23-21(28-24-22)15-25(17-12-13-17)14-16-8-4-6-10-19(16)26-2/h4-11,17H,3,12-15H2,1-2H3. The highest BCUT2D eigenvalue weighted by atomic mass is 16.5. The first-order chi connectivity index (χ1) is 13.8. The van der Waals surface area contributed by atoms with Crippen LogP contribution in [0.25, 0.3) is 11.4 Å². The molecule has 146 valence electrons. The fourth-order valence-corrected chi connectivity index (χ4v) is 3.34. The van der Waals surface area contributed by atoms with Gasteiger partial charge in [-0.25, -0.2) is 0 Å². The number of nitrogens with zero attached hydrogens (tertiary/aromatic N) is 3. The van der Waals surface area contributed by atoms with E-state index in [0.717, 1.165) is 23.6 Å². The molecule has 2 aromatic carbocycles. The number of hydrogen-bond donors (Lipinski definition) is 0. The Kier molecular flexibility index (Phi) is 5.58. The van der Waals surface area contributed by atoms with Gasteiger partial charge in [0, 0.05) is 18.2 Å². The molecular weight excluding hydrogens is 354 g/mol. The Balaban J connectivity index is 1.52. The van der Waals surface area contributed by atoms with E-state index in [1.54, 1.807) is 7.11 Å². The lowest BCUT2D eigenvalue weighted by Gasteiger charge is -2.21. The Morgan fingerprint density at radius 3 is 2.54 bits per heavy atom. The van der Waals surface area contributed by atoms with Crippen LogP contribution in [0.4, 0.5) is 0 Å². The second-order valence-corrected chi connectivity index (χ2v) is 6.89. The average molecular weight is 379 g/mol. The largest absolute Gasteiger partial charge is 0.496 e. The smallest absolute Gasteiger partial charge is 0.241 e. The van der Waals surface area contributed by atoms with Gasteiger partial charge in [0.2, 0.25) is 11.7 Å². The molecule has 0 N–H and O–H groups in total. The Hall–Kier alpha value is -2.86. The van der Waals surface area contributed by atoms with Gasteiger partial charge in [0.25, 0.3) is 0 Å². The molecule has 4 rings (SSSR count).